The summed E-state index contributed by atoms with van der Waals surface area (Å²) in [6.45, 7) is 2.46. The quantitative estimate of drug-likeness (QED) is 0.554. The van der Waals surface area contributed by atoms with E-state index in [0.29, 0.717) is 23.1 Å². The highest BCUT2D eigenvalue weighted by Crippen LogP contribution is 2.45. The van der Waals surface area contributed by atoms with Crippen LogP contribution in [0, 0.1) is 10.1 Å². The van der Waals surface area contributed by atoms with Gasteiger partial charge >= 0.3 is 0 Å². The lowest BCUT2D eigenvalue weighted by Gasteiger charge is -2.43. The van der Waals surface area contributed by atoms with Crippen LogP contribution in [0.15, 0.2) is 47.6 Å². The number of fused-ring (bicyclic) bond motifs is 3. The zero-order valence-electron chi connectivity index (χ0n) is 16.5. The fraction of sp³-hybridized carbons (Fsp3) is 0.300. The van der Waals surface area contributed by atoms with Gasteiger partial charge in [-0.05, 0) is 24.8 Å². The molecule has 2 aromatic rings. The minimum absolute atomic E-state index is 0.0541. The Labute approximate surface area is 177 Å². The molecule has 2 aromatic carbocycles. The summed E-state index contributed by atoms with van der Waals surface area (Å²) in [5.74, 6) is 0.319. The van der Waals surface area contributed by atoms with Gasteiger partial charge in [-0.1, -0.05) is 36.9 Å². The van der Waals surface area contributed by atoms with Crippen LogP contribution in [-0.4, -0.2) is 33.9 Å². The van der Waals surface area contributed by atoms with Gasteiger partial charge in [0.2, 0.25) is 0 Å². The number of non-ortho nitro benzene ring substituents is 1. The maximum Gasteiger partial charge on any atom is 0.270 e. The zero-order valence-corrected chi connectivity index (χ0v) is 17.3. The van der Waals surface area contributed by atoms with Crippen LogP contribution in [0.3, 0.4) is 0 Å². The van der Waals surface area contributed by atoms with Crippen molar-refractivity contribution in [3.63, 3.8) is 0 Å². The molecule has 0 fully saturated rings. The third-order valence-electron chi connectivity index (χ3n) is 4.92. The van der Waals surface area contributed by atoms with Gasteiger partial charge in [0.15, 0.2) is 11.2 Å². The zero-order chi connectivity index (χ0) is 21.3. The number of ether oxygens (including phenoxy) is 1. The number of nitro benzene ring substituents is 1. The first-order valence-electron chi connectivity index (χ1n) is 9.52. The Hall–Kier alpha value is -3.27. The molecule has 0 radical (unpaired) electrons. The number of carbonyl (C=O) groups is 1. The number of nitrogens with zero attached hydrogens (tertiary/aromatic N) is 3. The second-order valence-electron chi connectivity index (χ2n) is 6.84. The van der Waals surface area contributed by atoms with Gasteiger partial charge in [0.1, 0.15) is 11.9 Å². The number of hydrogen-bond donors (Lipinski definition) is 2. The maximum absolute atomic E-state index is 13.0. The summed E-state index contributed by atoms with van der Waals surface area (Å²) >= 11 is 1.32. The van der Waals surface area contributed by atoms with Crippen LogP contribution in [0.25, 0.3) is 0 Å². The highest BCUT2D eigenvalue weighted by atomic mass is 32.2. The average molecular weight is 427 g/mol. The van der Waals surface area contributed by atoms with E-state index in [1.54, 1.807) is 11.1 Å². The summed E-state index contributed by atoms with van der Waals surface area (Å²) in [5, 5.41) is 24.4. The molecule has 2 aliphatic heterocycles. The minimum atomic E-state index is -0.665. The molecule has 2 N–H and O–H groups in total. The van der Waals surface area contributed by atoms with E-state index in [0.717, 1.165) is 17.7 Å². The first-order chi connectivity index (χ1) is 14.5. The van der Waals surface area contributed by atoms with Crippen LogP contribution >= 0.6 is 11.8 Å². The summed E-state index contributed by atoms with van der Waals surface area (Å²) in [6, 6.07) is 11.3. The van der Waals surface area contributed by atoms with Gasteiger partial charge in [0, 0.05) is 28.9 Å². The number of para-hydroxylation sites is 1. The van der Waals surface area contributed by atoms with Crippen LogP contribution in [0.4, 0.5) is 11.4 Å². The van der Waals surface area contributed by atoms with E-state index in [4.69, 9.17) is 4.74 Å². The Bertz CT molecular complexity index is 1030. The van der Waals surface area contributed by atoms with Crippen molar-refractivity contribution >= 4 is 34.2 Å². The predicted molar refractivity (Wildman–Crippen MR) is 115 cm³/mol. The van der Waals surface area contributed by atoms with Crippen LogP contribution < -0.4 is 15.4 Å². The number of hydrogen-bond acceptors (Lipinski definition) is 8. The van der Waals surface area contributed by atoms with Crippen LogP contribution in [0.1, 0.15) is 36.7 Å². The van der Waals surface area contributed by atoms with Gasteiger partial charge < -0.3 is 15.4 Å². The molecule has 0 aliphatic carbocycles. The van der Waals surface area contributed by atoms with E-state index in [-0.39, 0.29) is 11.6 Å². The lowest BCUT2D eigenvalue weighted by molar-refractivity contribution is -0.385. The molecule has 9 nitrogen and oxygen atoms in total. The fourth-order valence-electron chi connectivity index (χ4n) is 3.57. The normalized spacial score (nSPS) is 19.7. The number of nitrogens with one attached hydrogen (secondary N) is 2. The summed E-state index contributed by atoms with van der Waals surface area (Å²) in [5.41, 5.74) is 2.06. The maximum atomic E-state index is 13.0. The van der Waals surface area contributed by atoms with Crippen molar-refractivity contribution in [1.82, 2.24) is 10.3 Å². The number of nitro groups is 1. The number of hydrazone groups is 1. The van der Waals surface area contributed by atoms with E-state index >= 15 is 0 Å². The number of amides is 1. The number of anilines is 1. The smallest absolute Gasteiger partial charge is 0.270 e. The van der Waals surface area contributed by atoms with Crippen LogP contribution in [-0.2, 0) is 4.79 Å². The standard InChI is InChI=1S/C20H21N5O4S/c1-3-10-29-16-9-8-12(25(27)28)11-14(16)18-21-15-7-5-4-6-13(15)17-19(26)22-20(30-2)23-24(17)18/h4-9,11,17-18,21H,3,10H2,1-2H3,(H,22,23,26)/t17-,18-/m0/s1. The van der Waals surface area contributed by atoms with Crippen LogP contribution in [0.2, 0.25) is 0 Å². The van der Waals surface area contributed by atoms with Crippen molar-refractivity contribution in [1.29, 1.82) is 0 Å². The topological polar surface area (TPSA) is 109 Å². The Balaban J connectivity index is 1.88. The lowest BCUT2D eigenvalue weighted by Crippen LogP contribution is -2.50. The van der Waals surface area contributed by atoms with Crippen molar-refractivity contribution in [2.75, 3.05) is 18.2 Å². The van der Waals surface area contributed by atoms with E-state index in [2.05, 4.69) is 15.7 Å². The molecule has 0 aromatic heterocycles. The molecule has 2 aliphatic rings. The highest BCUT2D eigenvalue weighted by Gasteiger charge is 2.43. The molecule has 0 saturated heterocycles. The Morgan fingerprint density at radius 3 is 2.80 bits per heavy atom. The molecule has 2 atom stereocenters. The SMILES string of the molecule is CCCOc1ccc([N+](=O)[O-])cc1[C@H]1Nc2ccccc2[C@H]2C(=O)NC(SC)=NN12. The van der Waals surface area contributed by atoms with E-state index in [9.17, 15) is 14.9 Å². The molecule has 0 bridgehead atoms. The van der Waals surface area contributed by atoms with Crippen LogP contribution in [0.5, 0.6) is 5.75 Å². The Morgan fingerprint density at radius 1 is 1.27 bits per heavy atom. The second kappa shape index (κ2) is 8.23. The second-order valence-corrected chi connectivity index (χ2v) is 7.64. The van der Waals surface area contributed by atoms with Crippen molar-refractivity contribution in [2.24, 2.45) is 5.10 Å². The molecule has 30 heavy (non-hydrogen) atoms. The molecular formula is C20H21N5O4S. The summed E-state index contributed by atoms with van der Waals surface area (Å²) in [4.78, 5) is 23.9. The largest absolute Gasteiger partial charge is 0.493 e. The molecule has 0 spiro atoms. The van der Waals surface area contributed by atoms with Crippen molar-refractivity contribution in [3.8, 4) is 5.75 Å². The van der Waals surface area contributed by atoms with Crippen molar-refractivity contribution in [2.45, 2.75) is 25.6 Å². The van der Waals surface area contributed by atoms with Gasteiger partial charge in [-0.3, -0.25) is 19.9 Å². The van der Waals surface area contributed by atoms with Gasteiger partial charge in [-0.25, -0.2) is 0 Å². The molecule has 156 valence electrons. The van der Waals surface area contributed by atoms with Gasteiger partial charge in [-0.2, -0.15) is 0 Å². The third kappa shape index (κ3) is 3.54. The Kier molecular flexibility index (Phi) is 5.49. The molecule has 2 heterocycles. The Morgan fingerprint density at radius 2 is 2.07 bits per heavy atom. The first kappa shape index (κ1) is 20.0. The predicted octanol–water partition coefficient (Wildman–Crippen LogP) is 3.61. The monoisotopic (exact) mass is 427 g/mol. The van der Waals surface area contributed by atoms with E-state index < -0.39 is 17.1 Å². The molecule has 10 heteroatoms. The van der Waals surface area contributed by atoms with E-state index in [1.807, 2.05) is 37.4 Å². The average Bonchev–Trinajstić information content (AvgIpc) is 2.76. The third-order valence-corrected chi connectivity index (χ3v) is 5.49. The number of carbonyl (C=O) groups excluding carboxylic acids is 1. The van der Waals surface area contributed by atoms with Crippen molar-refractivity contribution < 1.29 is 14.5 Å². The van der Waals surface area contributed by atoms with Crippen molar-refractivity contribution in [3.05, 3.63) is 63.7 Å². The number of amidine groups is 1. The minimum Gasteiger partial charge on any atom is -0.493 e. The van der Waals surface area contributed by atoms with E-state index in [1.165, 1.54) is 23.9 Å². The lowest BCUT2D eigenvalue weighted by atomic mass is 9.96. The summed E-state index contributed by atoms with van der Waals surface area (Å²) in [7, 11) is 0. The van der Waals surface area contributed by atoms with Gasteiger partial charge in [-0.15, -0.1) is 5.10 Å². The molecule has 0 saturated carbocycles. The molecular weight excluding hydrogens is 406 g/mol. The summed E-state index contributed by atoms with van der Waals surface area (Å²) < 4.78 is 5.88. The first-order valence-corrected chi connectivity index (χ1v) is 10.7. The fourth-order valence-corrected chi connectivity index (χ4v) is 3.95. The van der Waals surface area contributed by atoms with Gasteiger partial charge in [0.25, 0.3) is 11.6 Å². The number of rotatable bonds is 5. The highest BCUT2D eigenvalue weighted by molar-refractivity contribution is 8.13. The number of thioether (sulfide) groups is 1. The van der Waals surface area contributed by atoms with Gasteiger partial charge in [0.05, 0.1) is 11.5 Å². The molecule has 0 unspecified atom stereocenters. The summed E-state index contributed by atoms with van der Waals surface area (Å²) in [6.07, 6.45) is 1.99. The molecule has 1 amide bonds. The number of benzene rings is 2. The molecule has 4 rings (SSSR count).